The number of rotatable bonds is 7. The van der Waals surface area contributed by atoms with Crippen LogP contribution in [0.5, 0.6) is 0 Å². The third-order valence-electron chi connectivity index (χ3n) is 2.26. The molecule has 0 spiro atoms. The van der Waals surface area contributed by atoms with Crippen LogP contribution in [-0.4, -0.2) is 30.2 Å². The van der Waals surface area contributed by atoms with Crippen molar-refractivity contribution in [2.75, 3.05) is 20.3 Å². The molecule has 1 heterocycles. The van der Waals surface area contributed by atoms with E-state index in [2.05, 4.69) is 22.2 Å². The van der Waals surface area contributed by atoms with Crippen molar-refractivity contribution < 1.29 is 4.74 Å². The van der Waals surface area contributed by atoms with Gasteiger partial charge in [-0.15, -0.1) is 0 Å². The molecule has 0 aliphatic rings. The van der Waals surface area contributed by atoms with Crippen molar-refractivity contribution in [3.63, 3.8) is 0 Å². The first-order chi connectivity index (χ1) is 7.76. The molecular weight excluding hydrogens is 202 g/mol. The molecule has 1 aromatic heterocycles. The van der Waals surface area contributed by atoms with Crippen molar-refractivity contribution in [2.24, 2.45) is 0 Å². The molecule has 1 rings (SSSR count). The fourth-order valence-electron chi connectivity index (χ4n) is 1.53. The highest BCUT2D eigenvalue weighted by Crippen LogP contribution is 2.03. The van der Waals surface area contributed by atoms with Gasteiger partial charge in [-0.1, -0.05) is 6.92 Å². The van der Waals surface area contributed by atoms with Gasteiger partial charge in [0.25, 0.3) is 0 Å². The third kappa shape index (κ3) is 4.68. The highest BCUT2D eigenvalue weighted by Gasteiger charge is 2.01. The fraction of sp³-hybridized carbons (Fsp3) is 0.667. The zero-order chi connectivity index (χ0) is 11.8. The van der Waals surface area contributed by atoms with Crippen LogP contribution in [0.4, 0.5) is 0 Å². The predicted molar refractivity (Wildman–Crippen MR) is 64.3 cm³/mol. The van der Waals surface area contributed by atoms with Crippen LogP contribution in [-0.2, 0) is 17.7 Å². The predicted octanol–water partition coefficient (Wildman–Crippen LogP) is 1.47. The number of hydrogen-bond acceptors (Lipinski definition) is 4. The van der Waals surface area contributed by atoms with E-state index in [9.17, 15) is 0 Å². The first-order valence-corrected chi connectivity index (χ1v) is 5.79. The molecule has 0 aliphatic heterocycles. The third-order valence-corrected chi connectivity index (χ3v) is 2.26. The van der Waals surface area contributed by atoms with Gasteiger partial charge in [-0.3, -0.25) is 0 Å². The zero-order valence-electron chi connectivity index (χ0n) is 10.4. The normalized spacial score (nSPS) is 10.7. The summed E-state index contributed by atoms with van der Waals surface area (Å²) in [4.78, 5) is 8.93. The standard InChI is InChI=1S/C12H21N3O/c1-4-13-9-11-8-10(2)14-12(15-11)6-5-7-16-3/h8,13H,4-7,9H2,1-3H3. The van der Waals surface area contributed by atoms with Gasteiger partial charge in [-0.25, -0.2) is 9.97 Å². The fourth-order valence-corrected chi connectivity index (χ4v) is 1.53. The summed E-state index contributed by atoms with van der Waals surface area (Å²) in [5.74, 6) is 0.921. The smallest absolute Gasteiger partial charge is 0.128 e. The van der Waals surface area contributed by atoms with Crippen molar-refractivity contribution in [2.45, 2.75) is 33.2 Å². The van der Waals surface area contributed by atoms with Crippen LogP contribution in [0.3, 0.4) is 0 Å². The molecule has 0 radical (unpaired) electrons. The quantitative estimate of drug-likeness (QED) is 0.711. The lowest BCUT2D eigenvalue weighted by atomic mass is 10.2. The Labute approximate surface area is 97.5 Å². The van der Waals surface area contributed by atoms with Crippen molar-refractivity contribution in [1.29, 1.82) is 0 Å². The van der Waals surface area contributed by atoms with Gasteiger partial charge in [0.05, 0.1) is 5.69 Å². The molecule has 16 heavy (non-hydrogen) atoms. The van der Waals surface area contributed by atoms with Crippen LogP contribution in [0.15, 0.2) is 6.07 Å². The first kappa shape index (κ1) is 13.1. The second-order valence-corrected chi connectivity index (χ2v) is 3.79. The van der Waals surface area contributed by atoms with Gasteiger partial charge in [-0.2, -0.15) is 0 Å². The number of methoxy groups -OCH3 is 1. The molecule has 1 aromatic rings. The molecule has 1 N–H and O–H groups in total. The minimum absolute atomic E-state index is 0.764. The van der Waals surface area contributed by atoms with Crippen LogP contribution < -0.4 is 5.32 Å². The highest BCUT2D eigenvalue weighted by molar-refractivity contribution is 5.10. The van der Waals surface area contributed by atoms with Gasteiger partial charge in [0.15, 0.2) is 0 Å². The van der Waals surface area contributed by atoms with E-state index in [0.29, 0.717) is 0 Å². The van der Waals surface area contributed by atoms with Gasteiger partial charge >= 0.3 is 0 Å². The SMILES string of the molecule is CCNCc1cc(C)nc(CCCOC)n1. The van der Waals surface area contributed by atoms with E-state index in [1.54, 1.807) is 7.11 Å². The van der Waals surface area contributed by atoms with Gasteiger partial charge in [-0.05, 0) is 26.0 Å². The van der Waals surface area contributed by atoms with E-state index < -0.39 is 0 Å². The maximum absolute atomic E-state index is 5.02. The molecule has 4 heteroatoms. The van der Waals surface area contributed by atoms with Crippen LogP contribution >= 0.6 is 0 Å². The Bertz CT molecular complexity index is 315. The molecule has 0 aromatic carbocycles. The monoisotopic (exact) mass is 223 g/mol. The van der Waals surface area contributed by atoms with E-state index in [-0.39, 0.29) is 0 Å². The molecule has 0 saturated heterocycles. The number of aromatic nitrogens is 2. The number of nitrogens with one attached hydrogen (secondary N) is 1. The molecule has 0 aliphatic carbocycles. The van der Waals surface area contributed by atoms with Crippen LogP contribution in [0.2, 0.25) is 0 Å². The molecular formula is C12H21N3O. The summed E-state index contributed by atoms with van der Waals surface area (Å²) < 4.78 is 5.02. The van der Waals surface area contributed by atoms with Crippen molar-refractivity contribution in [3.8, 4) is 0 Å². The van der Waals surface area contributed by atoms with Gasteiger partial charge in [0.1, 0.15) is 5.82 Å². The number of nitrogens with zero attached hydrogens (tertiary/aromatic N) is 2. The van der Waals surface area contributed by atoms with E-state index in [4.69, 9.17) is 4.74 Å². The lowest BCUT2D eigenvalue weighted by Gasteiger charge is -2.06. The van der Waals surface area contributed by atoms with Gasteiger partial charge in [0.2, 0.25) is 0 Å². The van der Waals surface area contributed by atoms with Crippen molar-refractivity contribution in [1.82, 2.24) is 15.3 Å². The summed E-state index contributed by atoms with van der Waals surface area (Å²) >= 11 is 0. The lowest BCUT2D eigenvalue weighted by Crippen LogP contribution is -2.14. The number of hydrogen-bond donors (Lipinski definition) is 1. The minimum Gasteiger partial charge on any atom is -0.385 e. The zero-order valence-corrected chi connectivity index (χ0v) is 10.4. The van der Waals surface area contributed by atoms with E-state index in [1.807, 2.05) is 13.0 Å². The summed E-state index contributed by atoms with van der Waals surface area (Å²) in [5, 5.41) is 3.27. The van der Waals surface area contributed by atoms with Crippen LogP contribution in [0.25, 0.3) is 0 Å². The van der Waals surface area contributed by atoms with E-state index >= 15 is 0 Å². The average Bonchev–Trinajstić information content (AvgIpc) is 2.26. The summed E-state index contributed by atoms with van der Waals surface area (Å²) in [6.07, 6.45) is 1.86. The number of aryl methyl sites for hydroxylation is 2. The van der Waals surface area contributed by atoms with Crippen LogP contribution in [0, 0.1) is 6.92 Å². The van der Waals surface area contributed by atoms with Gasteiger partial charge < -0.3 is 10.1 Å². The Kier molecular flexibility index (Phi) is 5.96. The molecule has 4 nitrogen and oxygen atoms in total. The Balaban J connectivity index is 2.58. The van der Waals surface area contributed by atoms with Crippen LogP contribution in [0.1, 0.15) is 30.6 Å². The molecule has 0 saturated carbocycles. The van der Waals surface area contributed by atoms with Crippen molar-refractivity contribution in [3.05, 3.63) is 23.3 Å². The Morgan fingerprint density at radius 2 is 2.19 bits per heavy atom. The van der Waals surface area contributed by atoms with Gasteiger partial charge in [0, 0.05) is 32.4 Å². The second-order valence-electron chi connectivity index (χ2n) is 3.79. The summed E-state index contributed by atoms with van der Waals surface area (Å²) in [6, 6.07) is 2.03. The summed E-state index contributed by atoms with van der Waals surface area (Å²) in [7, 11) is 1.72. The Morgan fingerprint density at radius 3 is 2.88 bits per heavy atom. The maximum atomic E-state index is 5.02. The van der Waals surface area contributed by atoms with Crippen molar-refractivity contribution >= 4 is 0 Å². The topological polar surface area (TPSA) is 47.0 Å². The Morgan fingerprint density at radius 1 is 1.38 bits per heavy atom. The molecule has 0 fully saturated rings. The molecule has 0 atom stereocenters. The highest BCUT2D eigenvalue weighted by atomic mass is 16.5. The molecule has 90 valence electrons. The molecule has 0 unspecified atom stereocenters. The second kappa shape index (κ2) is 7.30. The lowest BCUT2D eigenvalue weighted by molar-refractivity contribution is 0.194. The summed E-state index contributed by atoms with van der Waals surface area (Å²) in [5.41, 5.74) is 2.11. The molecule has 0 bridgehead atoms. The minimum atomic E-state index is 0.764. The maximum Gasteiger partial charge on any atom is 0.128 e. The van der Waals surface area contributed by atoms with E-state index in [0.717, 1.165) is 49.8 Å². The van der Waals surface area contributed by atoms with E-state index in [1.165, 1.54) is 0 Å². The number of ether oxygens (including phenoxy) is 1. The largest absolute Gasteiger partial charge is 0.385 e. The Hall–Kier alpha value is -1.00. The average molecular weight is 223 g/mol. The summed E-state index contributed by atoms with van der Waals surface area (Å²) in [6.45, 7) is 6.64. The first-order valence-electron chi connectivity index (χ1n) is 5.79. The molecule has 0 amide bonds.